The summed E-state index contributed by atoms with van der Waals surface area (Å²) in [7, 11) is 1.51. The van der Waals surface area contributed by atoms with Crippen molar-refractivity contribution in [1.29, 1.82) is 0 Å². The summed E-state index contributed by atoms with van der Waals surface area (Å²) in [6.45, 7) is 5.55. The molecule has 5 heterocycles. The molecule has 0 spiro atoms. The number of fused-ring (bicyclic) bond motifs is 4. The van der Waals surface area contributed by atoms with Crippen LogP contribution in [0.25, 0.3) is 5.83 Å². The van der Waals surface area contributed by atoms with Gasteiger partial charge >= 0.3 is 6.01 Å². The Balaban J connectivity index is 1.52. The molecule has 0 aromatic carbocycles. The summed E-state index contributed by atoms with van der Waals surface area (Å²) in [4.78, 5) is 21.6. The molecule has 190 valence electrons. The van der Waals surface area contributed by atoms with E-state index >= 15 is 4.39 Å². The van der Waals surface area contributed by atoms with Crippen LogP contribution in [-0.4, -0.2) is 85.0 Å². The molecule has 35 heavy (non-hydrogen) atoms. The van der Waals surface area contributed by atoms with Gasteiger partial charge in [-0.3, -0.25) is 4.90 Å². The number of nitrogens with zero attached hydrogens (tertiary/aromatic N) is 6. The zero-order valence-electron chi connectivity index (χ0n) is 19.7. The number of hydrogen-bond donors (Lipinski definition) is 0. The fraction of sp³-hybridized carbons (Fsp3) is 0.652. The summed E-state index contributed by atoms with van der Waals surface area (Å²) >= 11 is 5.96. The first kappa shape index (κ1) is 24.2. The summed E-state index contributed by atoms with van der Waals surface area (Å²) in [5, 5.41) is 3.72. The Morgan fingerprint density at radius 1 is 1.37 bits per heavy atom. The van der Waals surface area contributed by atoms with Crippen LogP contribution in [0.5, 0.6) is 11.8 Å². The molecule has 1 aromatic heterocycles. The highest BCUT2D eigenvalue weighted by molar-refractivity contribution is 6.32. The van der Waals surface area contributed by atoms with E-state index in [2.05, 4.69) is 31.7 Å². The molecule has 3 saturated heterocycles. The number of rotatable bonds is 6. The number of oxime groups is 1. The average molecular weight is 511 g/mol. The minimum absolute atomic E-state index is 0.0220. The maximum atomic E-state index is 15.3. The molecule has 5 rings (SSSR count). The highest BCUT2D eigenvalue weighted by atomic mass is 35.5. The van der Waals surface area contributed by atoms with Crippen LogP contribution in [0, 0.1) is 0 Å². The second-order valence-corrected chi connectivity index (χ2v) is 9.82. The first-order chi connectivity index (χ1) is 16.9. The van der Waals surface area contributed by atoms with Gasteiger partial charge in [0.1, 0.15) is 26.5 Å². The molecular weight excluding hydrogens is 482 g/mol. The van der Waals surface area contributed by atoms with Crippen LogP contribution in [0.4, 0.5) is 14.6 Å². The zero-order chi connectivity index (χ0) is 24.6. The minimum atomic E-state index is -0.887. The second kappa shape index (κ2) is 9.85. The van der Waals surface area contributed by atoms with Crippen LogP contribution < -0.4 is 14.4 Å². The average Bonchev–Trinajstić information content (AvgIpc) is 3.29. The third-order valence-corrected chi connectivity index (χ3v) is 7.58. The molecule has 9 nitrogen and oxygen atoms in total. The molecule has 3 atom stereocenters. The molecule has 0 radical (unpaired) electrons. The van der Waals surface area contributed by atoms with E-state index in [1.54, 1.807) is 0 Å². The summed E-state index contributed by atoms with van der Waals surface area (Å²) in [5.41, 5.74) is 0.312. The predicted octanol–water partition coefficient (Wildman–Crippen LogP) is 3.72. The van der Waals surface area contributed by atoms with Crippen LogP contribution in [-0.2, 0) is 4.84 Å². The smallest absolute Gasteiger partial charge is 0.319 e. The Morgan fingerprint density at radius 3 is 3.03 bits per heavy atom. The SMILES string of the molecule is C=N/C(Cl)=C(/F)c1nc(OC[C@@]23CCCN2C[C@H](F)C3)nc2c1OC[C@@H]1CCC/C(=N\OC)CN21. The molecule has 0 amide bonds. The lowest BCUT2D eigenvalue weighted by atomic mass is 9.95. The molecule has 0 unspecified atom stereocenters. The topological polar surface area (TPSA) is 84.7 Å². The maximum Gasteiger partial charge on any atom is 0.319 e. The number of anilines is 1. The summed E-state index contributed by atoms with van der Waals surface area (Å²) < 4.78 is 41.5. The van der Waals surface area contributed by atoms with Crippen molar-refractivity contribution in [3.8, 4) is 11.8 Å². The lowest BCUT2D eigenvalue weighted by Gasteiger charge is -2.37. The van der Waals surface area contributed by atoms with E-state index in [1.807, 2.05) is 4.90 Å². The van der Waals surface area contributed by atoms with Crippen molar-refractivity contribution in [3.63, 3.8) is 0 Å². The fourth-order valence-electron chi connectivity index (χ4n) is 5.68. The van der Waals surface area contributed by atoms with Gasteiger partial charge in [0.2, 0.25) is 0 Å². The van der Waals surface area contributed by atoms with E-state index in [1.165, 1.54) is 7.11 Å². The normalized spacial score (nSPS) is 30.1. The molecule has 0 saturated carbocycles. The van der Waals surface area contributed by atoms with Gasteiger partial charge in [0, 0.05) is 13.0 Å². The van der Waals surface area contributed by atoms with E-state index in [-0.39, 0.29) is 30.1 Å². The lowest BCUT2D eigenvalue weighted by Crippen LogP contribution is -2.45. The third-order valence-electron chi connectivity index (χ3n) is 7.29. The van der Waals surface area contributed by atoms with Crippen molar-refractivity contribution in [3.05, 3.63) is 10.9 Å². The monoisotopic (exact) mass is 510 g/mol. The Labute approximate surface area is 207 Å². The van der Waals surface area contributed by atoms with Crippen molar-refractivity contribution < 1.29 is 23.1 Å². The molecule has 4 aliphatic rings. The summed E-state index contributed by atoms with van der Waals surface area (Å²) in [6, 6.07) is -0.00145. The number of aromatic nitrogens is 2. The first-order valence-corrected chi connectivity index (χ1v) is 12.3. The number of ether oxygens (including phenoxy) is 2. The minimum Gasteiger partial charge on any atom is -0.485 e. The van der Waals surface area contributed by atoms with Crippen molar-refractivity contribution in [2.45, 2.75) is 56.3 Å². The Bertz CT molecular complexity index is 1060. The Hall–Kier alpha value is -2.53. The Morgan fingerprint density at radius 2 is 2.23 bits per heavy atom. The highest BCUT2D eigenvalue weighted by Crippen LogP contribution is 2.43. The van der Waals surface area contributed by atoms with E-state index in [0.29, 0.717) is 31.9 Å². The van der Waals surface area contributed by atoms with E-state index in [0.717, 1.165) is 44.4 Å². The number of halogens is 3. The van der Waals surface area contributed by atoms with Gasteiger partial charge in [0.05, 0.1) is 23.8 Å². The first-order valence-electron chi connectivity index (χ1n) is 11.9. The molecule has 0 aliphatic carbocycles. The lowest BCUT2D eigenvalue weighted by molar-refractivity contribution is 0.107. The van der Waals surface area contributed by atoms with Crippen LogP contribution in [0.15, 0.2) is 15.3 Å². The number of alkyl halides is 1. The molecule has 12 heteroatoms. The summed E-state index contributed by atoms with van der Waals surface area (Å²) in [5.74, 6) is -0.322. The van der Waals surface area contributed by atoms with Gasteiger partial charge in [0.15, 0.2) is 28.2 Å². The van der Waals surface area contributed by atoms with Crippen molar-refractivity contribution in [1.82, 2.24) is 14.9 Å². The maximum absolute atomic E-state index is 15.3. The molecular formula is C23H29ClF2N6O3. The van der Waals surface area contributed by atoms with Gasteiger partial charge in [-0.2, -0.15) is 9.97 Å². The van der Waals surface area contributed by atoms with E-state index in [4.69, 9.17) is 25.9 Å². The van der Waals surface area contributed by atoms with Crippen LogP contribution in [0.2, 0.25) is 0 Å². The van der Waals surface area contributed by atoms with E-state index < -0.39 is 22.7 Å². The highest BCUT2D eigenvalue weighted by Gasteiger charge is 2.49. The van der Waals surface area contributed by atoms with Crippen molar-refractivity contribution >= 4 is 35.7 Å². The van der Waals surface area contributed by atoms with Crippen molar-refractivity contribution in [2.24, 2.45) is 10.1 Å². The fourth-order valence-corrected chi connectivity index (χ4v) is 5.77. The van der Waals surface area contributed by atoms with Gasteiger partial charge in [-0.15, -0.1) is 0 Å². The molecule has 1 aromatic rings. The molecule has 0 N–H and O–H groups in total. The van der Waals surface area contributed by atoms with Gasteiger partial charge < -0.3 is 19.2 Å². The van der Waals surface area contributed by atoms with Gasteiger partial charge in [-0.1, -0.05) is 16.8 Å². The molecule has 0 bridgehead atoms. The standard InChI is InChI=1S/C23H29ClF2N6O3/c1-27-20(24)17(26)18-19-21(32-11-15(30-33-2)5-3-6-16(32)12-34-19)29-22(28-18)35-13-23-7-4-8-31(23)10-14(25)9-23/h14,16H,1,3-13H2,2H3/b20-17+,30-15+/t14-,16+,23+/m1/s1. The molecule has 3 fully saturated rings. The van der Waals surface area contributed by atoms with E-state index in [9.17, 15) is 4.39 Å². The van der Waals surface area contributed by atoms with Gasteiger partial charge in [-0.25, -0.2) is 13.8 Å². The third kappa shape index (κ3) is 4.55. The summed E-state index contributed by atoms with van der Waals surface area (Å²) in [6.07, 6.45) is 3.87. The van der Waals surface area contributed by atoms with Crippen molar-refractivity contribution in [2.75, 3.05) is 44.9 Å². The van der Waals surface area contributed by atoms with Crippen LogP contribution in [0.3, 0.4) is 0 Å². The van der Waals surface area contributed by atoms with Gasteiger partial charge in [0.25, 0.3) is 0 Å². The quantitative estimate of drug-likeness (QED) is 0.327. The predicted molar refractivity (Wildman–Crippen MR) is 129 cm³/mol. The second-order valence-electron chi connectivity index (χ2n) is 9.46. The molecule has 4 aliphatic heterocycles. The number of hydrogen-bond acceptors (Lipinski definition) is 9. The van der Waals surface area contributed by atoms with Gasteiger partial charge in [-0.05, 0) is 45.4 Å². The Kier molecular flexibility index (Phi) is 6.80. The zero-order valence-corrected chi connectivity index (χ0v) is 20.4. The van der Waals surface area contributed by atoms with Crippen LogP contribution >= 0.6 is 11.6 Å². The largest absolute Gasteiger partial charge is 0.485 e. The number of aliphatic imine (C=N–C) groups is 1. The van der Waals surface area contributed by atoms with Crippen LogP contribution in [0.1, 0.15) is 44.2 Å².